The minimum atomic E-state index is -1.49. The van der Waals surface area contributed by atoms with Crippen LogP contribution in [0.1, 0.15) is 13.8 Å². The van der Waals surface area contributed by atoms with Crippen LogP contribution >= 0.6 is 0 Å². The average molecular weight is 333 g/mol. The predicted octanol–water partition coefficient (Wildman–Crippen LogP) is -0.589. The minimum Gasteiger partial charge on any atom is -0.462 e. The van der Waals surface area contributed by atoms with Crippen LogP contribution in [0.3, 0.4) is 0 Å². The van der Waals surface area contributed by atoms with E-state index in [0.29, 0.717) is 0 Å². The van der Waals surface area contributed by atoms with Gasteiger partial charge in [-0.3, -0.25) is 9.59 Å². The van der Waals surface area contributed by atoms with E-state index in [2.05, 4.69) is 0 Å². The predicted molar refractivity (Wildman–Crippen MR) is 76.2 cm³/mol. The molecule has 0 spiro atoms. The Hall–Kier alpha value is -1.73. The molecule has 0 amide bonds. The summed E-state index contributed by atoms with van der Waals surface area (Å²) in [6, 6.07) is 1.64. The third-order valence-electron chi connectivity index (χ3n) is 3.04. The van der Waals surface area contributed by atoms with Crippen LogP contribution in [0.5, 0.6) is 0 Å². The molecule has 0 aromatic heterocycles. The molecule has 23 heavy (non-hydrogen) atoms. The quantitative estimate of drug-likeness (QED) is 0.412. The second-order valence-corrected chi connectivity index (χ2v) is 4.63. The summed E-state index contributed by atoms with van der Waals surface area (Å²) in [7, 11) is 3.94. The zero-order chi connectivity index (χ0) is 18.0. The van der Waals surface area contributed by atoms with Gasteiger partial charge in [-0.25, -0.2) is 0 Å². The van der Waals surface area contributed by atoms with Crippen LogP contribution in [0, 0.1) is 11.3 Å². The molecule has 132 valence electrons. The van der Waals surface area contributed by atoms with Gasteiger partial charge in [0.1, 0.15) is 24.9 Å². The Balaban J connectivity index is 5.41. The number of aliphatic hydroxyl groups is 1. The van der Waals surface area contributed by atoms with Gasteiger partial charge in [0, 0.05) is 35.2 Å². The fraction of sp³-hybridized carbons (Fsp3) is 0.786. The van der Waals surface area contributed by atoms with Crippen molar-refractivity contribution in [2.24, 2.45) is 0 Å². The lowest BCUT2D eigenvalue weighted by atomic mass is 9.99. The molecule has 9 nitrogen and oxygen atoms in total. The van der Waals surface area contributed by atoms with Gasteiger partial charge in [-0.2, -0.15) is 5.26 Å². The number of carbonyl (C=O) groups excluding carboxylic acids is 2. The summed E-state index contributed by atoms with van der Waals surface area (Å²) in [5.41, 5.74) is 0. The highest BCUT2D eigenvalue weighted by molar-refractivity contribution is 5.67. The minimum absolute atomic E-state index is 0.271. The summed E-state index contributed by atoms with van der Waals surface area (Å²) in [4.78, 5) is 22.3. The summed E-state index contributed by atoms with van der Waals surface area (Å²) in [6.45, 7) is 2.12. The SMILES string of the molecule is CO[C@@H]([C@H](OC)[C@@H](OC)C(O)C#N)[C@@H](COC(C)=O)OC(C)=O. The lowest BCUT2D eigenvalue weighted by molar-refractivity contribution is -0.189. The maximum atomic E-state index is 11.3. The van der Waals surface area contributed by atoms with E-state index in [1.165, 1.54) is 35.2 Å². The number of aliphatic hydroxyl groups excluding tert-OH is 1. The Morgan fingerprint density at radius 3 is 1.87 bits per heavy atom. The zero-order valence-electron chi connectivity index (χ0n) is 13.8. The van der Waals surface area contributed by atoms with E-state index in [1.807, 2.05) is 0 Å². The van der Waals surface area contributed by atoms with Crippen molar-refractivity contribution in [3.8, 4) is 6.07 Å². The van der Waals surface area contributed by atoms with E-state index in [0.717, 1.165) is 0 Å². The molecule has 0 aromatic rings. The number of ether oxygens (including phenoxy) is 5. The summed E-state index contributed by atoms with van der Waals surface area (Å²) in [5.74, 6) is -1.18. The lowest BCUT2D eigenvalue weighted by Crippen LogP contribution is -2.53. The van der Waals surface area contributed by atoms with Crippen LogP contribution in [-0.4, -0.2) is 75.5 Å². The fourth-order valence-electron chi connectivity index (χ4n) is 2.08. The Morgan fingerprint density at radius 2 is 1.52 bits per heavy atom. The Labute approximate surface area is 135 Å². The van der Waals surface area contributed by atoms with Gasteiger partial charge in [-0.05, 0) is 0 Å². The molecular weight excluding hydrogens is 310 g/mol. The molecule has 0 saturated heterocycles. The smallest absolute Gasteiger partial charge is 0.303 e. The average Bonchev–Trinajstić information content (AvgIpc) is 2.50. The number of carbonyl (C=O) groups is 2. The normalized spacial score (nSPS) is 17.3. The maximum absolute atomic E-state index is 11.3. The fourth-order valence-corrected chi connectivity index (χ4v) is 2.08. The van der Waals surface area contributed by atoms with Crippen LogP contribution in [0.15, 0.2) is 0 Å². The van der Waals surface area contributed by atoms with Gasteiger partial charge in [0.25, 0.3) is 0 Å². The first-order valence-corrected chi connectivity index (χ1v) is 6.78. The van der Waals surface area contributed by atoms with Crippen molar-refractivity contribution in [2.75, 3.05) is 27.9 Å². The molecule has 0 saturated carbocycles. The monoisotopic (exact) mass is 333 g/mol. The number of hydrogen-bond acceptors (Lipinski definition) is 9. The van der Waals surface area contributed by atoms with Gasteiger partial charge in [0.05, 0.1) is 6.07 Å². The van der Waals surface area contributed by atoms with E-state index < -0.39 is 42.5 Å². The van der Waals surface area contributed by atoms with Crippen LogP contribution in [0.4, 0.5) is 0 Å². The highest BCUT2D eigenvalue weighted by Crippen LogP contribution is 2.19. The molecule has 1 unspecified atom stereocenters. The highest BCUT2D eigenvalue weighted by atomic mass is 16.6. The summed E-state index contributed by atoms with van der Waals surface area (Å²) in [6.07, 6.45) is -5.47. The number of esters is 2. The molecule has 1 N–H and O–H groups in total. The first kappa shape index (κ1) is 21.3. The molecule has 9 heteroatoms. The Bertz CT molecular complexity index is 421. The summed E-state index contributed by atoms with van der Waals surface area (Å²) < 4.78 is 25.6. The van der Waals surface area contributed by atoms with E-state index in [4.69, 9.17) is 28.9 Å². The van der Waals surface area contributed by atoms with Crippen molar-refractivity contribution in [3.05, 3.63) is 0 Å². The molecule has 0 aliphatic rings. The van der Waals surface area contributed by atoms with E-state index in [1.54, 1.807) is 6.07 Å². The van der Waals surface area contributed by atoms with Crippen LogP contribution in [0.2, 0.25) is 0 Å². The van der Waals surface area contributed by atoms with Crippen molar-refractivity contribution in [1.29, 1.82) is 5.26 Å². The molecule has 0 aromatic carbocycles. The molecule has 0 radical (unpaired) electrons. The third-order valence-corrected chi connectivity index (χ3v) is 3.04. The molecule has 5 atom stereocenters. The number of rotatable bonds is 10. The van der Waals surface area contributed by atoms with E-state index >= 15 is 0 Å². The summed E-state index contributed by atoms with van der Waals surface area (Å²) >= 11 is 0. The molecular formula is C14H23NO8. The number of nitrogens with zero attached hydrogens (tertiary/aromatic N) is 1. The van der Waals surface area contributed by atoms with Gasteiger partial charge in [-0.15, -0.1) is 0 Å². The molecule has 0 aliphatic carbocycles. The topological polar surface area (TPSA) is 124 Å². The van der Waals surface area contributed by atoms with Gasteiger partial charge in [0.15, 0.2) is 12.2 Å². The second-order valence-electron chi connectivity index (χ2n) is 4.63. The standard InChI is InChI=1S/C14H23NO8/c1-8(16)22-7-11(23-9(2)17)13(20-4)14(21-5)12(19-3)10(18)6-15/h10-14,18H,7H2,1-5H3/t10?,11-,12+,13-,14-/m1/s1. The van der Waals surface area contributed by atoms with Gasteiger partial charge >= 0.3 is 11.9 Å². The Kier molecular flexibility index (Phi) is 10.1. The largest absolute Gasteiger partial charge is 0.462 e. The number of methoxy groups -OCH3 is 3. The number of hydrogen-bond donors (Lipinski definition) is 1. The zero-order valence-corrected chi connectivity index (χ0v) is 13.8. The lowest BCUT2D eigenvalue weighted by Gasteiger charge is -2.35. The van der Waals surface area contributed by atoms with Gasteiger partial charge in [-0.1, -0.05) is 0 Å². The first-order valence-electron chi connectivity index (χ1n) is 6.78. The van der Waals surface area contributed by atoms with Crippen molar-refractivity contribution >= 4 is 11.9 Å². The number of nitriles is 1. The molecule has 0 rings (SSSR count). The Morgan fingerprint density at radius 1 is 1.00 bits per heavy atom. The first-order chi connectivity index (χ1) is 10.8. The van der Waals surface area contributed by atoms with Crippen LogP contribution in [-0.2, 0) is 33.3 Å². The molecule has 0 heterocycles. The van der Waals surface area contributed by atoms with E-state index in [-0.39, 0.29) is 6.61 Å². The maximum Gasteiger partial charge on any atom is 0.303 e. The van der Waals surface area contributed by atoms with Crippen molar-refractivity contribution in [3.63, 3.8) is 0 Å². The highest BCUT2D eigenvalue weighted by Gasteiger charge is 2.41. The van der Waals surface area contributed by atoms with Crippen molar-refractivity contribution < 1.29 is 38.4 Å². The third kappa shape index (κ3) is 6.92. The van der Waals surface area contributed by atoms with Crippen LogP contribution in [0.25, 0.3) is 0 Å². The van der Waals surface area contributed by atoms with E-state index in [9.17, 15) is 14.7 Å². The van der Waals surface area contributed by atoms with Gasteiger partial charge in [0.2, 0.25) is 0 Å². The molecule has 0 fully saturated rings. The van der Waals surface area contributed by atoms with Crippen molar-refractivity contribution in [1.82, 2.24) is 0 Å². The van der Waals surface area contributed by atoms with Crippen molar-refractivity contribution in [2.45, 2.75) is 44.4 Å². The van der Waals surface area contributed by atoms with Crippen LogP contribution < -0.4 is 0 Å². The molecule has 0 aliphatic heterocycles. The molecule has 0 bridgehead atoms. The summed E-state index contributed by atoms with van der Waals surface area (Å²) in [5, 5.41) is 18.6. The van der Waals surface area contributed by atoms with Gasteiger partial charge < -0.3 is 28.8 Å². The second kappa shape index (κ2) is 10.9.